The number of hydrogen-bond donors (Lipinski definition) is 1. The molecular formula is C25H19BrF6N2O4. The smallest absolute Gasteiger partial charge is 0.387 e. The molecule has 3 aromatic rings. The molecule has 0 saturated heterocycles. The third-order valence-electron chi connectivity index (χ3n) is 5.20. The first-order valence-electron chi connectivity index (χ1n) is 10.7. The van der Waals surface area contributed by atoms with Crippen molar-refractivity contribution in [2.75, 3.05) is 6.61 Å². The Kier molecular flexibility index (Phi) is 9.61. The van der Waals surface area contributed by atoms with Crippen LogP contribution in [0.3, 0.4) is 0 Å². The molecule has 3 aromatic carbocycles. The molecule has 0 bridgehead atoms. The average molecular weight is 605 g/mol. The highest BCUT2D eigenvalue weighted by molar-refractivity contribution is 9.10. The van der Waals surface area contributed by atoms with Gasteiger partial charge < -0.3 is 24.7 Å². The van der Waals surface area contributed by atoms with Gasteiger partial charge in [-0.3, -0.25) is 0 Å². The number of benzene rings is 3. The first-order valence-corrected chi connectivity index (χ1v) is 11.5. The van der Waals surface area contributed by atoms with Crippen molar-refractivity contribution in [1.82, 2.24) is 0 Å². The normalized spacial score (nSPS) is 16.4. The molecule has 0 saturated carbocycles. The predicted molar refractivity (Wildman–Crippen MR) is 128 cm³/mol. The van der Waals surface area contributed by atoms with Gasteiger partial charge in [0, 0.05) is 28.6 Å². The van der Waals surface area contributed by atoms with Crippen LogP contribution in [0.5, 0.6) is 11.5 Å². The molecule has 1 aliphatic heterocycles. The van der Waals surface area contributed by atoms with E-state index in [1.54, 1.807) is 18.2 Å². The molecule has 0 fully saturated rings. The van der Waals surface area contributed by atoms with E-state index in [4.69, 9.17) is 10.5 Å². The number of carbonyl (C=O) groups excluding carboxylic acids is 1. The summed E-state index contributed by atoms with van der Waals surface area (Å²) in [5.74, 6) is -2.00. The highest BCUT2D eigenvalue weighted by atomic mass is 79.9. The minimum Gasteiger partial charge on any atom is -0.462 e. The minimum absolute atomic E-state index is 0.00125. The molecule has 1 heterocycles. The Morgan fingerprint density at radius 1 is 0.974 bits per heavy atom. The van der Waals surface area contributed by atoms with Gasteiger partial charge in [-0.05, 0) is 41.5 Å². The third-order valence-corrected chi connectivity index (χ3v) is 5.69. The molecular weight excluding hydrogens is 586 g/mol. The molecule has 6 nitrogen and oxygen atoms in total. The largest absolute Gasteiger partial charge is 0.462 e. The van der Waals surface area contributed by atoms with Crippen molar-refractivity contribution in [2.45, 2.75) is 25.2 Å². The molecule has 2 N–H and O–H groups in total. The molecule has 0 aliphatic carbocycles. The second-order valence-corrected chi connectivity index (χ2v) is 8.55. The van der Waals surface area contributed by atoms with Crippen molar-refractivity contribution in [3.8, 4) is 11.5 Å². The number of ether oxygens (including phenoxy) is 3. The summed E-state index contributed by atoms with van der Waals surface area (Å²) in [5, 5.41) is 0. The zero-order chi connectivity index (χ0) is 27.9. The predicted octanol–water partition coefficient (Wildman–Crippen LogP) is 5.95. The minimum atomic E-state index is -3.03. The summed E-state index contributed by atoms with van der Waals surface area (Å²) in [5.41, 5.74) is 5.41. The van der Waals surface area contributed by atoms with Crippen molar-refractivity contribution in [3.05, 3.63) is 93.5 Å². The lowest BCUT2D eigenvalue weighted by Crippen LogP contribution is -2.28. The van der Waals surface area contributed by atoms with Gasteiger partial charge in [-0.1, -0.05) is 34.1 Å². The van der Waals surface area contributed by atoms with Gasteiger partial charge in [0.2, 0.25) is 0 Å². The van der Waals surface area contributed by atoms with E-state index in [0.717, 1.165) is 16.6 Å². The van der Waals surface area contributed by atoms with Crippen molar-refractivity contribution < 1.29 is 45.3 Å². The second kappa shape index (κ2) is 12.7. The SMILES string of the molecule is NC1=NC(c2cccc(Br)c2)(c2ccc(OC(F)F)cc2F)CO1.O=CCc1ccc(OC(F)F)cc1F. The lowest BCUT2D eigenvalue weighted by molar-refractivity contribution is -0.107. The fourth-order valence-electron chi connectivity index (χ4n) is 3.59. The van der Waals surface area contributed by atoms with E-state index in [-0.39, 0.29) is 41.7 Å². The third kappa shape index (κ3) is 7.18. The molecule has 13 heteroatoms. The van der Waals surface area contributed by atoms with Gasteiger partial charge >= 0.3 is 13.2 Å². The Hall–Kier alpha value is -3.74. The maximum absolute atomic E-state index is 14.6. The first kappa shape index (κ1) is 28.8. The number of alkyl halides is 4. The number of carbonyl (C=O) groups is 1. The molecule has 0 aromatic heterocycles. The molecule has 1 unspecified atom stereocenters. The summed E-state index contributed by atoms with van der Waals surface area (Å²) in [7, 11) is 0. The van der Waals surface area contributed by atoms with Gasteiger partial charge in [-0.2, -0.15) is 17.6 Å². The molecule has 0 radical (unpaired) electrons. The lowest BCUT2D eigenvalue weighted by atomic mass is 9.84. The van der Waals surface area contributed by atoms with Crippen molar-refractivity contribution in [1.29, 1.82) is 0 Å². The summed E-state index contributed by atoms with van der Waals surface area (Å²) < 4.78 is 89.8. The first-order chi connectivity index (χ1) is 18.0. The Morgan fingerprint density at radius 2 is 1.61 bits per heavy atom. The highest BCUT2D eigenvalue weighted by Crippen LogP contribution is 2.40. The van der Waals surface area contributed by atoms with Crippen LogP contribution in [0.25, 0.3) is 0 Å². The summed E-state index contributed by atoms with van der Waals surface area (Å²) in [6.45, 7) is -6.01. The standard InChI is InChI=1S/C16H12BrF3N2O2.C9H7F3O2/c17-10-3-1-2-9(6-10)16(8-23-15(21)22-16)12-5-4-11(7-13(12)18)24-14(19)20;10-8-5-7(14-9(11)12)2-1-6(8)3-4-13/h1-7,14H,8H2,(H2,21,22);1-2,4-5,9H,3H2. The maximum Gasteiger partial charge on any atom is 0.387 e. The number of hydrogen-bond acceptors (Lipinski definition) is 6. The summed E-state index contributed by atoms with van der Waals surface area (Å²) >= 11 is 3.36. The van der Waals surface area contributed by atoms with Gasteiger partial charge in [-0.15, -0.1) is 0 Å². The quantitative estimate of drug-likeness (QED) is 0.254. The van der Waals surface area contributed by atoms with Crippen LogP contribution in [0.4, 0.5) is 26.3 Å². The van der Waals surface area contributed by atoms with E-state index in [0.29, 0.717) is 11.8 Å². The van der Waals surface area contributed by atoms with Crippen LogP contribution >= 0.6 is 15.9 Å². The fourth-order valence-corrected chi connectivity index (χ4v) is 3.98. The Bertz CT molecular complexity index is 1310. The van der Waals surface area contributed by atoms with Crippen LogP contribution in [0.2, 0.25) is 0 Å². The maximum atomic E-state index is 14.6. The van der Waals surface area contributed by atoms with Gasteiger partial charge in [0.25, 0.3) is 6.02 Å². The number of amidine groups is 1. The van der Waals surface area contributed by atoms with E-state index in [1.807, 2.05) is 6.07 Å². The number of aldehydes is 1. The zero-order valence-corrected chi connectivity index (χ0v) is 20.8. The molecule has 0 amide bonds. The van der Waals surface area contributed by atoms with Crippen molar-refractivity contribution in [2.24, 2.45) is 10.7 Å². The molecule has 202 valence electrons. The molecule has 38 heavy (non-hydrogen) atoms. The number of nitrogens with two attached hydrogens (primary N) is 1. The summed E-state index contributed by atoms with van der Waals surface area (Å²) in [4.78, 5) is 14.3. The van der Waals surface area contributed by atoms with Gasteiger partial charge in [-0.25, -0.2) is 13.8 Å². The molecule has 4 rings (SSSR count). The van der Waals surface area contributed by atoms with E-state index in [1.165, 1.54) is 24.3 Å². The van der Waals surface area contributed by atoms with Gasteiger partial charge in [0.1, 0.15) is 36.0 Å². The van der Waals surface area contributed by atoms with Crippen molar-refractivity contribution >= 4 is 28.2 Å². The molecule has 1 atom stereocenters. The van der Waals surface area contributed by atoms with Crippen LogP contribution in [-0.2, 0) is 21.5 Å². The monoisotopic (exact) mass is 604 g/mol. The Labute approximate surface area is 221 Å². The summed E-state index contributed by atoms with van der Waals surface area (Å²) in [6.07, 6.45) is 0.451. The fraction of sp³-hybridized carbons (Fsp3) is 0.200. The van der Waals surface area contributed by atoms with Crippen LogP contribution in [-0.4, -0.2) is 32.1 Å². The van der Waals surface area contributed by atoms with E-state index in [9.17, 15) is 31.1 Å². The molecule has 1 aliphatic rings. The number of aliphatic imine (C=N–C) groups is 1. The van der Waals surface area contributed by atoms with Crippen LogP contribution in [0, 0.1) is 11.6 Å². The van der Waals surface area contributed by atoms with Gasteiger partial charge in [0.15, 0.2) is 5.54 Å². The Morgan fingerprint density at radius 3 is 2.11 bits per heavy atom. The second-order valence-electron chi connectivity index (χ2n) is 7.63. The van der Waals surface area contributed by atoms with E-state index >= 15 is 0 Å². The number of nitrogens with zero attached hydrogens (tertiary/aromatic N) is 1. The highest BCUT2D eigenvalue weighted by Gasteiger charge is 2.42. The van der Waals surface area contributed by atoms with Crippen LogP contribution in [0.15, 0.2) is 70.1 Å². The number of halogens is 7. The van der Waals surface area contributed by atoms with Crippen LogP contribution < -0.4 is 15.2 Å². The van der Waals surface area contributed by atoms with E-state index < -0.39 is 30.4 Å². The zero-order valence-electron chi connectivity index (χ0n) is 19.2. The van der Waals surface area contributed by atoms with Gasteiger partial charge in [0.05, 0.1) is 0 Å². The van der Waals surface area contributed by atoms with Crippen molar-refractivity contribution in [3.63, 3.8) is 0 Å². The molecule has 0 spiro atoms. The summed E-state index contributed by atoms with van der Waals surface area (Å²) in [6, 6.07) is 13.8. The number of rotatable bonds is 8. The average Bonchev–Trinajstić information content (AvgIpc) is 3.23. The lowest BCUT2D eigenvalue weighted by Gasteiger charge is -2.26. The van der Waals surface area contributed by atoms with Crippen LogP contribution in [0.1, 0.15) is 16.7 Å². The topological polar surface area (TPSA) is 83.1 Å². The van der Waals surface area contributed by atoms with E-state index in [2.05, 4.69) is 30.4 Å². The Balaban J connectivity index is 0.000000244.